The molecule has 0 bridgehead atoms. The van der Waals surface area contributed by atoms with E-state index in [-0.39, 0.29) is 5.11 Å². The topological polar surface area (TPSA) is 54.3 Å². The number of nitrogens with one attached hydrogen (secondary N) is 2. The molecule has 0 unspecified atom stereocenters. The normalized spacial score (nSPS) is 10.8. The molecule has 28 heavy (non-hydrogen) atoms. The maximum absolute atomic E-state index is 12.0. The molecule has 1 aromatic heterocycles. The number of thiol groups is 1. The number of furan rings is 1. The minimum Gasteiger partial charge on any atom is -0.457 e. The Bertz CT molecular complexity index is 1040. The summed E-state index contributed by atoms with van der Waals surface area (Å²) in [5.74, 6) is 0.700. The maximum Gasteiger partial charge on any atom is 0.250 e. The van der Waals surface area contributed by atoms with Gasteiger partial charge in [-0.25, -0.2) is 0 Å². The molecule has 3 rings (SSSR count). The number of rotatable bonds is 4. The van der Waals surface area contributed by atoms with Crippen molar-refractivity contribution in [3.63, 3.8) is 0 Å². The Morgan fingerprint density at radius 2 is 1.79 bits per heavy atom. The van der Waals surface area contributed by atoms with Gasteiger partial charge in [0.25, 0.3) is 0 Å². The molecule has 8 heteroatoms. The van der Waals surface area contributed by atoms with Crippen molar-refractivity contribution in [1.82, 2.24) is 5.32 Å². The van der Waals surface area contributed by atoms with Crippen LogP contribution < -0.4 is 10.6 Å². The minimum absolute atomic E-state index is 0.171. The van der Waals surface area contributed by atoms with Gasteiger partial charge in [-0.1, -0.05) is 35.3 Å². The van der Waals surface area contributed by atoms with Gasteiger partial charge in [-0.3, -0.25) is 10.1 Å². The lowest BCUT2D eigenvalue weighted by molar-refractivity contribution is -0.115. The molecule has 1 heterocycles. The number of hydrogen-bond acceptors (Lipinski definition) is 4. The molecule has 0 atom stereocenters. The number of hydrogen-bond donors (Lipinski definition) is 3. The quantitative estimate of drug-likeness (QED) is 0.257. The van der Waals surface area contributed by atoms with Crippen LogP contribution in [0.2, 0.25) is 10.0 Å². The maximum atomic E-state index is 12.0. The second-order valence-corrected chi connectivity index (χ2v) is 7.42. The summed E-state index contributed by atoms with van der Waals surface area (Å²) in [4.78, 5) is 12.8. The first-order valence-electron chi connectivity index (χ1n) is 8.05. The average molecular weight is 449 g/mol. The third-order valence-electron chi connectivity index (χ3n) is 3.56. The van der Waals surface area contributed by atoms with Gasteiger partial charge in [0.15, 0.2) is 5.11 Å². The Morgan fingerprint density at radius 3 is 2.50 bits per heavy atom. The first-order chi connectivity index (χ1) is 13.4. The Kier molecular flexibility index (Phi) is 6.80. The SMILES string of the molecule is O=C(/C=C/c1ccc(-c2cc(Cl)cc(Cl)c2)o1)NC(=S)Nc1ccccc1S. The van der Waals surface area contributed by atoms with E-state index in [1.165, 1.54) is 6.08 Å². The van der Waals surface area contributed by atoms with Gasteiger partial charge in [0.2, 0.25) is 5.91 Å². The summed E-state index contributed by atoms with van der Waals surface area (Å²) in [5, 5.41) is 6.68. The van der Waals surface area contributed by atoms with Crippen LogP contribution in [0.1, 0.15) is 5.76 Å². The molecule has 2 N–H and O–H groups in total. The first kappa shape index (κ1) is 20.5. The number of anilines is 1. The predicted molar refractivity (Wildman–Crippen MR) is 121 cm³/mol. The molecule has 4 nitrogen and oxygen atoms in total. The molecule has 0 aliphatic rings. The first-order valence-corrected chi connectivity index (χ1v) is 9.66. The lowest BCUT2D eigenvalue weighted by Gasteiger charge is -2.09. The van der Waals surface area contributed by atoms with Crippen molar-refractivity contribution in [2.24, 2.45) is 0 Å². The van der Waals surface area contributed by atoms with E-state index in [0.29, 0.717) is 27.3 Å². The summed E-state index contributed by atoms with van der Waals surface area (Å²) in [6, 6.07) is 16.0. The van der Waals surface area contributed by atoms with Crippen molar-refractivity contribution >= 4 is 70.8 Å². The van der Waals surface area contributed by atoms with E-state index in [0.717, 1.165) is 10.5 Å². The zero-order valence-electron chi connectivity index (χ0n) is 14.3. The standard InChI is InChI=1S/C20H14Cl2N2O2S2/c21-13-9-12(10-14(22)11-13)17-7-5-15(26-17)6-8-19(25)24-20(28)23-16-3-1-2-4-18(16)27/h1-11,27H,(H2,23,24,25,28)/b8-6+. The van der Waals surface area contributed by atoms with E-state index in [1.54, 1.807) is 36.4 Å². The van der Waals surface area contributed by atoms with Crippen molar-refractivity contribution < 1.29 is 9.21 Å². The summed E-state index contributed by atoms with van der Waals surface area (Å²) in [7, 11) is 0. The largest absolute Gasteiger partial charge is 0.457 e. The van der Waals surface area contributed by atoms with Gasteiger partial charge in [0.05, 0.1) is 5.69 Å². The second kappa shape index (κ2) is 9.30. The fourth-order valence-electron chi connectivity index (χ4n) is 2.34. The fraction of sp³-hybridized carbons (Fsp3) is 0. The highest BCUT2D eigenvalue weighted by atomic mass is 35.5. The highest BCUT2D eigenvalue weighted by molar-refractivity contribution is 7.81. The zero-order chi connectivity index (χ0) is 20.1. The second-order valence-electron chi connectivity index (χ2n) is 5.65. The summed E-state index contributed by atoms with van der Waals surface area (Å²) in [5.41, 5.74) is 1.45. The van der Waals surface area contributed by atoms with Crippen LogP contribution in [0.5, 0.6) is 0 Å². The number of carbonyl (C=O) groups excluding carboxylic acids is 1. The van der Waals surface area contributed by atoms with Gasteiger partial charge in [0, 0.05) is 26.6 Å². The Balaban J connectivity index is 1.61. The van der Waals surface area contributed by atoms with Crippen LogP contribution in [0, 0.1) is 0 Å². The van der Waals surface area contributed by atoms with Crippen LogP contribution in [-0.2, 0) is 4.79 Å². The van der Waals surface area contributed by atoms with Crippen LogP contribution in [0.25, 0.3) is 17.4 Å². The lowest BCUT2D eigenvalue weighted by atomic mass is 10.2. The molecule has 0 aliphatic heterocycles. The van der Waals surface area contributed by atoms with Crippen LogP contribution in [-0.4, -0.2) is 11.0 Å². The number of benzene rings is 2. The van der Waals surface area contributed by atoms with Crippen LogP contribution >= 0.6 is 48.0 Å². The van der Waals surface area contributed by atoms with E-state index in [1.807, 2.05) is 24.3 Å². The molecule has 2 aromatic carbocycles. The van der Waals surface area contributed by atoms with Gasteiger partial charge in [0.1, 0.15) is 11.5 Å². The zero-order valence-corrected chi connectivity index (χ0v) is 17.5. The molecular weight excluding hydrogens is 435 g/mol. The summed E-state index contributed by atoms with van der Waals surface area (Å²) < 4.78 is 5.70. The molecule has 0 fully saturated rings. The average Bonchev–Trinajstić information content (AvgIpc) is 3.10. The number of halogens is 2. The molecule has 0 spiro atoms. The number of amides is 1. The van der Waals surface area contributed by atoms with Crippen LogP contribution in [0.4, 0.5) is 5.69 Å². The van der Waals surface area contributed by atoms with Gasteiger partial charge < -0.3 is 9.73 Å². The summed E-state index contributed by atoms with van der Waals surface area (Å²) >= 11 is 21.5. The highest BCUT2D eigenvalue weighted by Gasteiger charge is 2.07. The van der Waals surface area contributed by atoms with Crippen molar-refractivity contribution in [3.05, 3.63) is 76.5 Å². The van der Waals surface area contributed by atoms with Crippen molar-refractivity contribution in [1.29, 1.82) is 0 Å². The molecule has 0 aliphatic carbocycles. The summed E-state index contributed by atoms with van der Waals surface area (Å²) in [6.45, 7) is 0. The van der Waals surface area contributed by atoms with Crippen molar-refractivity contribution in [2.45, 2.75) is 4.90 Å². The monoisotopic (exact) mass is 448 g/mol. The molecule has 0 saturated heterocycles. The van der Waals surface area contributed by atoms with Gasteiger partial charge in [-0.05, 0) is 60.8 Å². The van der Waals surface area contributed by atoms with E-state index in [2.05, 4.69) is 23.3 Å². The minimum atomic E-state index is -0.391. The van der Waals surface area contributed by atoms with E-state index in [4.69, 9.17) is 39.8 Å². The molecule has 0 radical (unpaired) electrons. The fourth-order valence-corrected chi connectivity index (χ4v) is 3.29. The molecular formula is C20H14Cl2N2O2S2. The Labute approximate surface area is 182 Å². The Morgan fingerprint density at radius 1 is 1.07 bits per heavy atom. The molecule has 0 saturated carbocycles. The third kappa shape index (κ3) is 5.62. The van der Waals surface area contributed by atoms with Gasteiger partial charge in [-0.15, -0.1) is 12.6 Å². The Hall–Kier alpha value is -2.25. The lowest BCUT2D eigenvalue weighted by Crippen LogP contribution is -2.32. The number of thiocarbonyl (C=S) groups is 1. The molecule has 3 aromatic rings. The third-order valence-corrected chi connectivity index (χ3v) is 4.59. The number of para-hydroxylation sites is 1. The van der Waals surface area contributed by atoms with Gasteiger partial charge in [-0.2, -0.15) is 0 Å². The molecule has 142 valence electrons. The van der Waals surface area contributed by atoms with Crippen LogP contribution in [0.15, 0.2) is 70.0 Å². The van der Waals surface area contributed by atoms with Gasteiger partial charge >= 0.3 is 0 Å². The van der Waals surface area contributed by atoms with Crippen molar-refractivity contribution in [3.8, 4) is 11.3 Å². The van der Waals surface area contributed by atoms with Crippen LogP contribution in [0.3, 0.4) is 0 Å². The van der Waals surface area contributed by atoms with Crippen molar-refractivity contribution in [2.75, 3.05) is 5.32 Å². The summed E-state index contributed by atoms with van der Waals surface area (Å²) in [6.07, 6.45) is 2.87. The van der Waals surface area contributed by atoms with E-state index >= 15 is 0 Å². The molecule has 1 amide bonds. The smallest absolute Gasteiger partial charge is 0.250 e. The highest BCUT2D eigenvalue weighted by Crippen LogP contribution is 2.28. The number of carbonyl (C=O) groups is 1. The predicted octanol–water partition coefficient (Wildman–Crippen LogP) is 6.07. The van der Waals surface area contributed by atoms with E-state index < -0.39 is 5.91 Å². The van der Waals surface area contributed by atoms with E-state index in [9.17, 15) is 4.79 Å².